The SMILES string of the molecule is CCCN(CCC)C(=O)c1cccc(NC(=O)c2ccc(C(=O)Nc3cccc(C(=O)N(CCC)CCC)c3)cc2)c1. The van der Waals surface area contributed by atoms with E-state index >= 15 is 0 Å². The summed E-state index contributed by atoms with van der Waals surface area (Å²) in [5.74, 6) is -0.806. The molecule has 0 radical (unpaired) electrons. The van der Waals surface area contributed by atoms with Crippen LogP contribution in [0.5, 0.6) is 0 Å². The molecule has 0 aliphatic carbocycles. The van der Waals surface area contributed by atoms with Crippen LogP contribution < -0.4 is 10.6 Å². The fourth-order valence-electron chi connectivity index (χ4n) is 4.71. The van der Waals surface area contributed by atoms with E-state index in [1.54, 1.807) is 72.8 Å². The van der Waals surface area contributed by atoms with E-state index in [0.29, 0.717) is 59.8 Å². The maximum absolute atomic E-state index is 13.0. The van der Waals surface area contributed by atoms with Crippen LogP contribution in [0.3, 0.4) is 0 Å². The number of hydrogen-bond donors (Lipinski definition) is 2. The van der Waals surface area contributed by atoms with Gasteiger partial charge in [-0.05, 0) is 86.3 Å². The van der Waals surface area contributed by atoms with Gasteiger partial charge in [0.25, 0.3) is 23.6 Å². The van der Waals surface area contributed by atoms with Crippen LogP contribution in [-0.2, 0) is 0 Å². The number of anilines is 2. The highest BCUT2D eigenvalue weighted by Gasteiger charge is 2.17. The van der Waals surface area contributed by atoms with Crippen LogP contribution in [-0.4, -0.2) is 59.6 Å². The summed E-state index contributed by atoms with van der Waals surface area (Å²) in [6.45, 7) is 10.9. The number of carbonyl (C=O) groups excluding carboxylic acids is 4. The van der Waals surface area contributed by atoms with Gasteiger partial charge in [0, 0.05) is 59.8 Å². The highest BCUT2D eigenvalue weighted by molar-refractivity contribution is 6.08. The zero-order valence-corrected chi connectivity index (χ0v) is 25.1. The van der Waals surface area contributed by atoms with Gasteiger partial charge in [-0.3, -0.25) is 19.2 Å². The highest BCUT2D eigenvalue weighted by atomic mass is 16.2. The lowest BCUT2D eigenvalue weighted by Crippen LogP contribution is -2.32. The van der Waals surface area contributed by atoms with Gasteiger partial charge in [0.05, 0.1) is 0 Å². The van der Waals surface area contributed by atoms with Crippen molar-refractivity contribution in [1.29, 1.82) is 0 Å². The fourth-order valence-corrected chi connectivity index (χ4v) is 4.71. The van der Waals surface area contributed by atoms with Gasteiger partial charge in [-0.1, -0.05) is 39.8 Å². The first-order valence-electron chi connectivity index (χ1n) is 14.8. The molecule has 4 amide bonds. The second kappa shape index (κ2) is 16.1. The normalized spacial score (nSPS) is 10.6. The fraction of sp³-hybridized carbons (Fsp3) is 0.353. The summed E-state index contributed by atoms with van der Waals surface area (Å²) >= 11 is 0. The van der Waals surface area contributed by atoms with Crippen molar-refractivity contribution in [3.63, 3.8) is 0 Å². The van der Waals surface area contributed by atoms with Crippen molar-refractivity contribution in [2.75, 3.05) is 36.8 Å². The van der Waals surface area contributed by atoms with Crippen LogP contribution in [0.15, 0.2) is 72.8 Å². The van der Waals surface area contributed by atoms with Crippen LogP contribution in [0.4, 0.5) is 11.4 Å². The monoisotopic (exact) mass is 570 g/mol. The Morgan fingerprint density at radius 1 is 0.500 bits per heavy atom. The number of nitrogens with zero attached hydrogens (tertiary/aromatic N) is 2. The van der Waals surface area contributed by atoms with Crippen molar-refractivity contribution in [2.45, 2.75) is 53.4 Å². The maximum atomic E-state index is 13.0. The molecule has 0 unspecified atom stereocenters. The summed E-state index contributed by atoms with van der Waals surface area (Å²) in [5.41, 5.74) is 2.84. The Morgan fingerprint density at radius 2 is 0.833 bits per heavy atom. The molecule has 0 atom stereocenters. The number of carbonyl (C=O) groups is 4. The van der Waals surface area contributed by atoms with Gasteiger partial charge in [-0.25, -0.2) is 0 Å². The molecule has 3 rings (SSSR count). The Labute approximate surface area is 249 Å². The molecular formula is C34H42N4O4. The largest absolute Gasteiger partial charge is 0.339 e. The van der Waals surface area contributed by atoms with E-state index in [0.717, 1.165) is 25.7 Å². The summed E-state index contributed by atoms with van der Waals surface area (Å²) in [7, 11) is 0. The molecule has 42 heavy (non-hydrogen) atoms. The Kier molecular flexibility index (Phi) is 12.3. The first-order chi connectivity index (χ1) is 20.3. The molecule has 222 valence electrons. The third kappa shape index (κ3) is 8.77. The lowest BCUT2D eigenvalue weighted by atomic mass is 10.1. The second-order valence-corrected chi connectivity index (χ2v) is 10.2. The minimum Gasteiger partial charge on any atom is -0.339 e. The zero-order chi connectivity index (χ0) is 30.5. The van der Waals surface area contributed by atoms with Crippen molar-refractivity contribution in [2.24, 2.45) is 0 Å². The Morgan fingerprint density at radius 3 is 1.14 bits per heavy atom. The number of benzene rings is 3. The number of rotatable bonds is 14. The molecule has 0 saturated carbocycles. The van der Waals surface area contributed by atoms with E-state index in [4.69, 9.17) is 0 Å². The first kappa shape index (κ1) is 32.1. The molecule has 0 aromatic heterocycles. The highest BCUT2D eigenvalue weighted by Crippen LogP contribution is 2.17. The van der Waals surface area contributed by atoms with E-state index in [1.165, 1.54) is 0 Å². The average Bonchev–Trinajstić information content (AvgIpc) is 3.00. The van der Waals surface area contributed by atoms with E-state index in [9.17, 15) is 19.2 Å². The molecular weight excluding hydrogens is 528 g/mol. The maximum Gasteiger partial charge on any atom is 0.255 e. The van der Waals surface area contributed by atoms with Gasteiger partial charge < -0.3 is 20.4 Å². The van der Waals surface area contributed by atoms with Gasteiger partial charge >= 0.3 is 0 Å². The first-order valence-corrected chi connectivity index (χ1v) is 14.8. The van der Waals surface area contributed by atoms with E-state index in [2.05, 4.69) is 10.6 Å². The summed E-state index contributed by atoms with van der Waals surface area (Å²) in [5, 5.41) is 5.69. The summed E-state index contributed by atoms with van der Waals surface area (Å²) in [6, 6.07) is 20.2. The number of hydrogen-bond acceptors (Lipinski definition) is 4. The van der Waals surface area contributed by atoms with E-state index in [-0.39, 0.29) is 23.6 Å². The van der Waals surface area contributed by atoms with Crippen LogP contribution in [0.25, 0.3) is 0 Å². The predicted octanol–water partition coefficient (Wildman–Crippen LogP) is 6.72. The molecule has 0 aliphatic rings. The van der Waals surface area contributed by atoms with Crippen molar-refractivity contribution < 1.29 is 19.2 Å². The minimum atomic E-state index is -0.347. The molecule has 8 heteroatoms. The smallest absolute Gasteiger partial charge is 0.255 e. The number of amides is 4. The number of nitrogens with one attached hydrogen (secondary N) is 2. The molecule has 3 aromatic rings. The summed E-state index contributed by atoms with van der Waals surface area (Å²) in [4.78, 5) is 55.4. The van der Waals surface area contributed by atoms with Crippen molar-refractivity contribution in [3.8, 4) is 0 Å². The van der Waals surface area contributed by atoms with Crippen molar-refractivity contribution >= 4 is 35.0 Å². The molecule has 0 bridgehead atoms. The molecule has 0 spiro atoms. The third-order valence-electron chi connectivity index (χ3n) is 6.69. The van der Waals surface area contributed by atoms with E-state index < -0.39 is 0 Å². The predicted molar refractivity (Wildman–Crippen MR) is 168 cm³/mol. The van der Waals surface area contributed by atoms with Crippen LogP contribution in [0.1, 0.15) is 94.8 Å². The second-order valence-electron chi connectivity index (χ2n) is 10.2. The Balaban J connectivity index is 1.65. The summed E-state index contributed by atoms with van der Waals surface area (Å²) in [6.07, 6.45) is 3.50. The van der Waals surface area contributed by atoms with Gasteiger partial charge in [0.2, 0.25) is 0 Å². The van der Waals surface area contributed by atoms with E-state index in [1.807, 2.05) is 37.5 Å². The topological polar surface area (TPSA) is 98.8 Å². The molecule has 8 nitrogen and oxygen atoms in total. The molecule has 2 N–H and O–H groups in total. The third-order valence-corrected chi connectivity index (χ3v) is 6.69. The zero-order valence-electron chi connectivity index (χ0n) is 25.1. The van der Waals surface area contributed by atoms with Gasteiger partial charge in [-0.15, -0.1) is 0 Å². The van der Waals surface area contributed by atoms with Crippen molar-refractivity contribution in [3.05, 3.63) is 95.1 Å². The Hall–Kier alpha value is -4.46. The van der Waals surface area contributed by atoms with Crippen LogP contribution in [0.2, 0.25) is 0 Å². The summed E-state index contributed by atoms with van der Waals surface area (Å²) < 4.78 is 0. The molecule has 0 saturated heterocycles. The average molecular weight is 571 g/mol. The van der Waals surface area contributed by atoms with Gasteiger partial charge in [0.1, 0.15) is 0 Å². The van der Waals surface area contributed by atoms with Crippen LogP contribution >= 0.6 is 0 Å². The Bertz CT molecular complexity index is 1250. The molecule has 0 fully saturated rings. The van der Waals surface area contributed by atoms with Crippen molar-refractivity contribution in [1.82, 2.24) is 9.80 Å². The lowest BCUT2D eigenvalue weighted by Gasteiger charge is -2.21. The standard InChI is InChI=1S/C34H42N4O4/c1-5-19-37(20-6-2)33(41)27-11-9-13-29(23-27)35-31(39)25-15-17-26(18-16-25)32(40)36-30-14-10-12-28(24-30)34(42)38(21-7-3)22-8-4/h9-18,23-24H,5-8,19-22H2,1-4H3,(H,35,39)(H,36,40). The molecule has 0 aliphatic heterocycles. The lowest BCUT2D eigenvalue weighted by molar-refractivity contribution is 0.0748. The quantitative estimate of drug-likeness (QED) is 0.225. The minimum absolute atomic E-state index is 0.0562. The van der Waals surface area contributed by atoms with Gasteiger partial charge in [-0.2, -0.15) is 0 Å². The molecule has 0 heterocycles. The molecule has 3 aromatic carbocycles. The van der Waals surface area contributed by atoms with Gasteiger partial charge in [0.15, 0.2) is 0 Å². The van der Waals surface area contributed by atoms with Crippen LogP contribution in [0, 0.1) is 0 Å².